The van der Waals surface area contributed by atoms with E-state index in [9.17, 15) is 26.7 Å². The molecule has 0 saturated heterocycles. The second-order valence-electron chi connectivity index (χ2n) is 5.08. The summed E-state index contributed by atoms with van der Waals surface area (Å²) in [7, 11) is 0. The minimum absolute atomic E-state index is 0.319. The number of halogens is 5. The summed E-state index contributed by atoms with van der Waals surface area (Å²) in [6.07, 6.45) is -3.48. The van der Waals surface area contributed by atoms with Crippen molar-refractivity contribution in [2.75, 3.05) is 0 Å². The standard InChI is InChI=1S/C14H13F5O2/c1-4-13(2,3)7-10(20)21-14(18,19)8-5-6-9(15)12(17)11(8)16/h4-6H,1,7H2,2-3H3. The predicted molar refractivity (Wildman–Crippen MR) is 64.9 cm³/mol. The van der Waals surface area contributed by atoms with Crippen LogP contribution in [0.5, 0.6) is 0 Å². The Hall–Kier alpha value is -1.92. The number of rotatable bonds is 5. The van der Waals surface area contributed by atoms with Crippen molar-refractivity contribution in [3.63, 3.8) is 0 Å². The largest absolute Gasteiger partial charge is 0.431 e. The number of benzene rings is 1. The van der Waals surface area contributed by atoms with Crippen molar-refractivity contribution in [3.8, 4) is 0 Å². The first-order valence-electron chi connectivity index (χ1n) is 5.87. The lowest BCUT2D eigenvalue weighted by atomic mass is 9.90. The SMILES string of the molecule is C=CC(C)(C)CC(=O)OC(F)(F)c1ccc(F)c(F)c1F. The van der Waals surface area contributed by atoms with Crippen molar-refractivity contribution in [2.45, 2.75) is 26.4 Å². The lowest BCUT2D eigenvalue weighted by molar-refractivity contribution is -0.242. The first-order valence-corrected chi connectivity index (χ1v) is 5.87. The zero-order chi connectivity index (χ0) is 16.4. The maximum Gasteiger partial charge on any atom is 0.431 e. The van der Waals surface area contributed by atoms with Gasteiger partial charge in [-0.15, -0.1) is 6.58 Å². The minimum atomic E-state index is -4.41. The Morgan fingerprint density at radius 2 is 1.81 bits per heavy atom. The number of carbonyl (C=O) groups is 1. The molecule has 0 N–H and O–H groups in total. The topological polar surface area (TPSA) is 26.3 Å². The quantitative estimate of drug-likeness (QED) is 0.351. The molecular formula is C14H13F5O2. The van der Waals surface area contributed by atoms with Crippen LogP contribution in [0.4, 0.5) is 22.0 Å². The molecule has 7 heteroatoms. The minimum Gasteiger partial charge on any atom is -0.397 e. The Bertz CT molecular complexity index is 567. The number of alkyl halides is 2. The van der Waals surface area contributed by atoms with Crippen LogP contribution in [0.3, 0.4) is 0 Å². The van der Waals surface area contributed by atoms with Gasteiger partial charge in [-0.25, -0.2) is 13.2 Å². The molecule has 2 nitrogen and oxygen atoms in total. The van der Waals surface area contributed by atoms with Gasteiger partial charge >= 0.3 is 12.1 Å². The van der Waals surface area contributed by atoms with E-state index in [-0.39, 0.29) is 0 Å². The smallest absolute Gasteiger partial charge is 0.397 e. The summed E-state index contributed by atoms with van der Waals surface area (Å²) in [4.78, 5) is 11.4. The summed E-state index contributed by atoms with van der Waals surface area (Å²) in [5.74, 6) is -7.11. The van der Waals surface area contributed by atoms with Gasteiger partial charge in [0.05, 0.1) is 6.42 Å². The van der Waals surface area contributed by atoms with E-state index in [1.54, 1.807) is 13.8 Å². The van der Waals surface area contributed by atoms with E-state index in [1.165, 1.54) is 6.08 Å². The maximum absolute atomic E-state index is 13.7. The summed E-state index contributed by atoms with van der Waals surface area (Å²) in [6.45, 7) is 6.54. The van der Waals surface area contributed by atoms with Crippen LogP contribution in [0.25, 0.3) is 0 Å². The van der Waals surface area contributed by atoms with Gasteiger partial charge in [0.25, 0.3) is 0 Å². The second kappa shape index (κ2) is 5.83. The molecule has 0 saturated carbocycles. The van der Waals surface area contributed by atoms with E-state index in [2.05, 4.69) is 11.3 Å². The fourth-order valence-electron chi connectivity index (χ4n) is 1.43. The molecule has 0 heterocycles. The summed E-state index contributed by atoms with van der Waals surface area (Å²) in [5.41, 5.74) is -2.36. The highest BCUT2D eigenvalue weighted by Gasteiger charge is 2.41. The van der Waals surface area contributed by atoms with E-state index in [4.69, 9.17) is 0 Å². The Morgan fingerprint density at radius 1 is 1.24 bits per heavy atom. The molecule has 0 spiro atoms. The molecule has 0 aromatic heterocycles. The normalized spacial score (nSPS) is 12.1. The summed E-state index contributed by atoms with van der Waals surface area (Å²) < 4.78 is 70.2. The Labute approximate surface area is 118 Å². The fraction of sp³-hybridized carbons (Fsp3) is 0.357. The van der Waals surface area contributed by atoms with E-state index in [0.717, 1.165) is 0 Å². The maximum atomic E-state index is 13.7. The number of hydrogen-bond acceptors (Lipinski definition) is 2. The van der Waals surface area contributed by atoms with Crippen LogP contribution in [0.15, 0.2) is 24.8 Å². The summed E-state index contributed by atoms with van der Waals surface area (Å²) in [6, 6.07) is 0.642. The first-order chi connectivity index (χ1) is 9.50. The van der Waals surface area contributed by atoms with Gasteiger partial charge in [-0.1, -0.05) is 19.9 Å². The van der Waals surface area contributed by atoms with Crippen LogP contribution in [0.1, 0.15) is 25.8 Å². The van der Waals surface area contributed by atoms with Crippen LogP contribution in [0, 0.1) is 22.9 Å². The number of ether oxygens (including phenoxy) is 1. The van der Waals surface area contributed by atoms with Gasteiger partial charge in [0, 0.05) is 0 Å². The predicted octanol–water partition coefficient (Wildman–Crippen LogP) is 4.30. The van der Waals surface area contributed by atoms with Crippen LogP contribution in [-0.2, 0) is 15.6 Å². The monoisotopic (exact) mass is 308 g/mol. The lowest BCUT2D eigenvalue weighted by Crippen LogP contribution is -2.27. The molecular weight excluding hydrogens is 295 g/mol. The molecule has 0 aliphatic rings. The highest BCUT2D eigenvalue weighted by molar-refractivity contribution is 5.71. The Kier molecular flexibility index (Phi) is 4.76. The third-order valence-electron chi connectivity index (χ3n) is 2.74. The highest BCUT2D eigenvalue weighted by atomic mass is 19.3. The van der Waals surface area contributed by atoms with Crippen molar-refractivity contribution in [2.24, 2.45) is 5.41 Å². The molecule has 0 unspecified atom stereocenters. The van der Waals surface area contributed by atoms with E-state index >= 15 is 0 Å². The first kappa shape index (κ1) is 17.1. The Morgan fingerprint density at radius 3 is 2.33 bits per heavy atom. The third-order valence-corrected chi connectivity index (χ3v) is 2.74. The average molecular weight is 308 g/mol. The van der Waals surface area contributed by atoms with Crippen molar-refractivity contribution in [1.82, 2.24) is 0 Å². The molecule has 0 amide bonds. The highest BCUT2D eigenvalue weighted by Crippen LogP contribution is 2.34. The number of allylic oxidation sites excluding steroid dienone is 1. The van der Waals surface area contributed by atoms with Gasteiger partial charge < -0.3 is 4.74 Å². The second-order valence-corrected chi connectivity index (χ2v) is 5.08. The molecule has 1 aromatic carbocycles. The zero-order valence-electron chi connectivity index (χ0n) is 11.4. The number of hydrogen-bond donors (Lipinski definition) is 0. The molecule has 1 rings (SSSR count). The molecule has 0 atom stereocenters. The van der Waals surface area contributed by atoms with Crippen LogP contribution in [0.2, 0.25) is 0 Å². The van der Waals surface area contributed by atoms with Crippen LogP contribution in [-0.4, -0.2) is 5.97 Å². The molecule has 1 aromatic rings. The fourth-order valence-corrected chi connectivity index (χ4v) is 1.43. The van der Waals surface area contributed by atoms with Crippen LogP contribution >= 0.6 is 0 Å². The van der Waals surface area contributed by atoms with Gasteiger partial charge in [-0.05, 0) is 17.5 Å². The lowest BCUT2D eigenvalue weighted by Gasteiger charge is -2.22. The molecule has 21 heavy (non-hydrogen) atoms. The van der Waals surface area contributed by atoms with E-state index < -0.39 is 46.9 Å². The van der Waals surface area contributed by atoms with Crippen molar-refractivity contribution in [3.05, 3.63) is 47.8 Å². The number of carbonyl (C=O) groups excluding carboxylic acids is 1. The zero-order valence-corrected chi connectivity index (χ0v) is 11.4. The summed E-state index contributed by atoms with van der Waals surface area (Å²) in [5, 5.41) is 0. The molecule has 0 aliphatic carbocycles. The van der Waals surface area contributed by atoms with Crippen LogP contribution < -0.4 is 0 Å². The Balaban J connectivity index is 2.99. The van der Waals surface area contributed by atoms with Gasteiger partial charge in [-0.2, -0.15) is 8.78 Å². The molecule has 0 radical (unpaired) electrons. The molecule has 0 fully saturated rings. The number of esters is 1. The summed E-state index contributed by atoms with van der Waals surface area (Å²) >= 11 is 0. The van der Waals surface area contributed by atoms with Crippen molar-refractivity contribution < 1.29 is 31.5 Å². The van der Waals surface area contributed by atoms with E-state index in [1.807, 2.05) is 0 Å². The van der Waals surface area contributed by atoms with Gasteiger partial charge in [-0.3, -0.25) is 4.79 Å². The van der Waals surface area contributed by atoms with Crippen molar-refractivity contribution >= 4 is 5.97 Å². The van der Waals surface area contributed by atoms with Crippen molar-refractivity contribution in [1.29, 1.82) is 0 Å². The molecule has 116 valence electrons. The van der Waals surface area contributed by atoms with E-state index in [0.29, 0.717) is 12.1 Å². The van der Waals surface area contributed by atoms with Gasteiger partial charge in [0.15, 0.2) is 17.5 Å². The molecule has 0 aliphatic heterocycles. The third kappa shape index (κ3) is 4.03. The van der Waals surface area contributed by atoms with Gasteiger partial charge in [0.1, 0.15) is 5.56 Å². The van der Waals surface area contributed by atoms with Gasteiger partial charge in [0.2, 0.25) is 0 Å². The average Bonchev–Trinajstić information content (AvgIpc) is 2.34. The molecule has 0 bridgehead atoms.